The molecule has 1 heterocycles. The molecule has 0 aliphatic heterocycles. The van der Waals surface area contributed by atoms with Gasteiger partial charge in [0.05, 0.1) is 24.1 Å². The maximum atomic E-state index is 9.79. The zero-order valence-electron chi connectivity index (χ0n) is 20.5. The van der Waals surface area contributed by atoms with Crippen molar-refractivity contribution in [2.75, 3.05) is 31.0 Å². The molecule has 0 atom stereocenters. The lowest BCUT2D eigenvalue weighted by molar-refractivity contribution is 0.276. The molecule has 5 heteroatoms. The summed E-state index contributed by atoms with van der Waals surface area (Å²) in [5.41, 5.74) is 1.12. The van der Waals surface area contributed by atoms with Gasteiger partial charge in [0.1, 0.15) is 5.69 Å². The summed E-state index contributed by atoms with van der Waals surface area (Å²) in [6.45, 7) is -14.6. The van der Waals surface area contributed by atoms with Crippen molar-refractivity contribution in [2.45, 2.75) is 0 Å². The van der Waals surface area contributed by atoms with Gasteiger partial charge in [0.15, 0.2) is 5.76 Å². The Morgan fingerprint density at radius 2 is 1.42 bits per heavy atom. The highest BCUT2D eigenvalue weighted by atomic mass is 16.4. The minimum Gasteiger partial charge on any atom is -0.423 e. The average Bonchev–Trinajstić information content (AvgIpc) is 3.12. The van der Waals surface area contributed by atoms with Crippen molar-refractivity contribution in [3.8, 4) is 22.6 Å². The van der Waals surface area contributed by atoms with Crippen LogP contribution >= 0.6 is 0 Å². The van der Waals surface area contributed by atoms with Crippen LogP contribution in [-0.2, 0) is 0 Å². The van der Waals surface area contributed by atoms with Crippen LogP contribution in [0.2, 0.25) is 0 Å². The number of nitrogens with zero attached hydrogens (tertiary/aromatic N) is 2. The number of aliphatic hydroxyl groups is 2. The van der Waals surface area contributed by atoms with Crippen LogP contribution in [0.3, 0.4) is 0 Å². The average molecular weight is 332 g/mol. The molecule has 124 valence electrons. The lowest BCUT2D eigenvalue weighted by Crippen LogP contribution is -2.29. The molecule has 24 heavy (non-hydrogen) atoms. The van der Waals surface area contributed by atoms with Gasteiger partial charge >= 0.3 is 0 Å². The molecular formula is C19H20N2O3. The number of benzene rings is 2. The molecule has 0 aliphatic carbocycles. The van der Waals surface area contributed by atoms with Gasteiger partial charge in [0.2, 0.25) is 0 Å². The number of anilines is 1. The fourth-order valence-corrected chi connectivity index (χ4v) is 2.20. The van der Waals surface area contributed by atoms with Crippen LogP contribution in [0, 0.1) is 0 Å². The summed E-state index contributed by atoms with van der Waals surface area (Å²) in [6.07, 6.45) is 0. The summed E-state index contributed by atoms with van der Waals surface area (Å²) in [4.78, 5) is 3.97. The Balaban J connectivity index is 2.32. The smallest absolute Gasteiger partial charge is 0.298 e. The van der Waals surface area contributed by atoms with Crippen molar-refractivity contribution in [2.24, 2.45) is 0 Å². The first-order valence-corrected chi connectivity index (χ1v) is 7.04. The van der Waals surface area contributed by atoms with Gasteiger partial charge in [0.25, 0.3) is 6.01 Å². The van der Waals surface area contributed by atoms with Gasteiger partial charge in [-0.15, -0.1) is 0 Å². The third-order valence-electron chi connectivity index (χ3n) is 3.21. The van der Waals surface area contributed by atoms with E-state index in [9.17, 15) is 10.2 Å². The van der Waals surface area contributed by atoms with E-state index in [4.69, 9.17) is 15.4 Å². The fourth-order valence-electron chi connectivity index (χ4n) is 2.20. The first-order chi connectivity index (χ1) is 14.7. The number of rotatable bonds is 7. The van der Waals surface area contributed by atoms with Gasteiger partial charge in [-0.2, -0.15) is 4.98 Å². The molecular weight excluding hydrogens is 304 g/mol. The molecule has 1 aromatic heterocycles. The summed E-state index contributed by atoms with van der Waals surface area (Å²) < 4.78 is 67.7. The van der Waals surface area contributed by atoms with Gasteiger partial charge in [-0.3, -0.25) is 0 Å². The van der Waals surface area contributed by atoms with Crippen LogP contribution in [0.15, 0.2) is 65.1 Å². The van der Waals surface area contributed by atoms with E-state index in [1.807, 2.05) is 0 Å². The van der Waals surface area contributed by atoms with Crippen molar-refractivity contribution in [1.82, 2.24) is 4.98 Å². The summed E-state index contributed by atoms with van der Waals surface area (Å²) in [5, 5.41) is 19.6. The van der Waals surface area contributed by atoms with Gasteiger partial charge < -0.3 is 19.5 Å². The molecule has 0 saturated carbocycles. The van der Waals surface area contributed by atoms with E-state index in [0.717, 1.165) is 0 Å². The van der Waals surface area contributed by atoms with Crippen LogP contribution in [0.5, 0.6) is 0 Å². The molecule has 2 aromatic carbocycles. The van der Waals surface area contributed by atoms with Gasteiger partial charge in [0, 0.05) is 24.1 Å². The Morgan fingerprint density at radius 1 is 0.875 bits per heavy atom. The lowest BCUT2D eigenvalue weighted by atomic mass is 10.1. The summed E-state index contributed by atoms with van der Waals surface area (Å²) >= 11 is 0. The van der Waals surface area contributed by atoms with Crippen molar-refractivity contribution in [3.63, 3.8) is 0 Å². The van der Waals surface area contributed by atoms with Crippen molar-refractivity contribution in [1.29, 1.82) is 0 Å². The van der Waals surface area contributed by atoms with E-state index in [2.05, 4.69) is 4.98 Å². The molecule has 5 nitrogen and oxygen atoms in total. The van der Waals surface area contributed by atoms with Crippen LogP contribution in [0.1, 0.15) is 11.0 Å². The molecule has 3 rings (SSSR count). The number of aromatic nitrogens is 1. The third kappa shape index (κ3) is 3.48. The Labute approximate surface area is 152 Å². The lowest BCUT2D eigenvalue weighted by Gasteiger charge is -2.17. The monoisotopic (exact) mass is 332 g/mol. The van der Waals surface area contributed by atoms with E-state index in [0.29, 0.717) is 11.1 Å². The highest BCUT2D eigenvalue weighted by molar-refractivity contribution is 5.78. The van der Waals surface area contributed by atoms with Gasteiger partial charge in [-0.1, -0.05) is 60.7 Å². The van der Waals surface area contributed by atoms with Crippen LogP contribution < -0.4 is 4.90 Å². The van der Waals surface area contributed by atoms with E-state index in [1.54, 1.807) is 60.7 Å². The molecule has 0 radical (unpaired) electrons. The van der Waals surface area contributed by atoms with E-state index in [1.165, 1.54) is 0 Å². The van der Waals surface area contributed by atoms with Gasteiger partial charge in [-0.05, 0) is 0 Å². The highest BCUT2D eigenvalue weighted by Crippen LogP contribution is 2.35. The van der Waals surface area contributed by atoms with Crippen LogP contribution in [0.25, 0.3) is 22.6 Å². The third-order valence-corrected chi connectivity index (χ3v) is 3.21. The SMILES string of the molecule is [2H]C([2H])(O)C([2H])([2H])N(c1nc(-c2ccccc2)c(-c2ccccc2)o1)C([2H])([2H])C([2H])([2H])O. The van der Waals surface area contributed by atoms with Crippen LogP contribution in [0.4, 0.5) is 6.01 Å². The Bertz CT molecular complexity index is 981. The second kappa shape index (κ2) is 7.77. The Morgan fingerprint density at radius 3 is 1.96 bits per heavy atom. The normalized spacial score (nSPS) is 18.1. The number of hydrogen-bond donors (Lipinski definition) is 2. The second-order valence-electron chi connectivity index (χ2n) is 4.69. The van der Waals surface area contributed by atoms with E-state index in [-0.39, 0.29) is 16.4 Å². The Hall–Kier alpha value is -2.63. The summed E-state index contributed by atoms with van der Waals surface area (Å²) in [7, 11) is 0. The summed E-state index contributed by atoms with van der Waals surface area (Å²) in [5.74, 6) is 0.0698. The van der Waals surface area contributed by atoms with E-state index < -0.39 is 32.1 Å². The fraction of sp³-hybridized carbons (Fsp3) is 0.211. The molecule has 2 N–H and O–H groups in total. The molecule has 3 aromatic rings. The van der Waals surface area contributed by atoms with Gasteiger partial charge in [-0.25, -0.2) is 0 Å². The first-order valence-electron chi connectivity index (χ1n) is 11.0. The number of oxazole rings is 1. The second-order valence-corrected chi connectivity index (χ2v) is 4.69. The quantitative estimate of drug-likeness (QED) is 0.696. The zero-order valence-corrected chi connectivity index (χ0v) is 12.5. The molecule has 0 spiro atoms. The van der Waals surface area contributed by atoms with Crippen LogP contribution in [-0.4, -0.2) is 41.3 Å². The van der Waals surface area contributed by atoms with Crippen molar-refractivity contribution >= 4 is 6.01 Å². The molecule has 0 unspecified atom stereocenters. The van der Waals surface area contributed by atoms with Crippen molar-refractivity contribution < 1.29 is 25.6 Å². The highest BCUT2D eigenvalue weighted by Gasteiger charge is 2.20. The maximum Gasteiger partial charge on any atom is 0.298 e. The zero-order chi connectivity index (χ0) is 23.9. The standard InChI is InChI=1S/C19H20N2O3/c22-13-11-21(12-14-23)19-20-17(15-7-3-1-4-8-15)18(24-19)16-9-5-2-6-10-16/h1-10,22-23H,11-14H2/i11D2,12D2,13D2,14D2. The molecule has 0 fully saturated rings. The minimum atomic E-state index is -3.69. The Kier molecular flexibility index (Phi) is 2.92. The molecule has 0 amide bonds. The molecule has 0 aliphatic rings. The number of hydrogen-bond acceptors (Lipinski definition) is 5. The first kappa shape index (κ1) is 9.01. The van der Waals surface area contributed by atoms with E-state index >= 15 is 0 Å². The predicted octanol–water partition coefficient (Wildman–Crippen LogP) is 2.80. The minimum absolute atomic E-state index is 0.0698. The summed E-state index contributed by atoms with van der Waals surface area (Å²) in [6, 6.07) is 16.0. The topological polar surface area (TPSA) is 69.7 Å². The largest absolute Gasteiger partial charge is 0.423 e. The molecule has 0 saturated heterocycles. The maximum absolute atomic E-state index is 9.79. The molecule has 0 bridgehead atoms. The predicted molar refractivity (Wildman–Crippen MR) is 93.8 cm³/mol. The van der Waals surface area contributed by atoms with Crippen molar-refractivity contribution in [3.05, 3.63) is 60.7 Å².